The van der Waals surface area contributed by atoms with E-state index in [1.54, 1.807) is 12.1 Å². The zero-order valence-electron chi connectivity index (χ0n) is 24.9. The van der Waals surface area contributed by atoms with Gasteiger partial charge in [0, 0.05) is 37.1 Å². The van der Waals surface area contributed by atoms with Gasteiger partial charge in [0.05, 0.1) is 42.0 Å². The number of alkyl halides is 3. The Labute approximate surface area is 266 Å². The molecule has 5 rings (SSSR count). The molecule has 0 spiro atoms. The molecule has 2 heterocycles. The lowest BCUT2D eigenvalue weighted by Crippen LogP contribution is -2.37. The van der Waals surface area contributed by atoms with Crippen LogP contribution in [-0.4, -0.2) is 66.3 Å². The summed E-state index contributed by atoms with van der Waals surface area (Å²) in [6.07, 6.45) is -1.69. The molecular formula is C32H30F4N6O5. The molecule has 47 heavy (non-hydrogen) atoms. The van der Waals surface area contributed by atoms with Gasteiger partial charge in [-0.05, 0) is 61.0 Å². The minimum absolute atomic E-state index is 0.179. The van der Waals surface area contributed by atoms with Crippen molar-refractivity contribution in [3.8, 4) is 17.4 Å². The second-order valence-electron chi connectivity index (χ2n) is 10.3. The standard InChI is InChI=1S/C32H30F4N6O5/c1-2-29(43)41-27-17-23-26(18-28(27)46-13-3-10-42-11-14-45-15-12-42)37-19-38-30(23)47-22-7-4-20(5-8-22)39-31(44)40-21-6-9-25(33)24(16-21)32(34,35)36/h2,4-9,16-19H,1,3,10-15H2,(H,41,43)(H2,39,40,44). The minimum Gasteiger partial charge on any atom is -0.491 e. The Bertz CT molecular complexity index is 1750. The number of rotatable bonds is 11. The van der Waals surface area contributed by atoms with Gasteiger partial charge in [0.1, 0.15) is 23.6 Å². The fraction of sp³-hybridized carbons (Fsp3) is 0.250. The maximum atomic E-state index is 13.5. The molecule has 0 bridgehead atoms. The van der Waals surface area contributed by atoms with Gasteiger partial charge in [0.15, 0.2) is 0 Å². The van der Waals surface area contributed by atoms with Crippen molar-refractivity contribution < 1.29 is 41.4 Å². The number of benzene rings is 3. The smallest absolute Gasteiger partial charge is 0.419 e. The summed E-state index contributed by atoms with van der Waals surface area (Å²) >= 11 is 0. The van der Waals surface area contributed by atoms with E-state index in [-0.39, 0.29) is 11.6 Å². The lowest BCUT2D eigenvalue weighted by atomic mass is 10.2. The molecular weight excluding hydrogens is 624 g/mol. The number of urea groups is 1. The third kappa shape index (κ3) is 8.92. The minimum atomic E-state index is -4.91. The molecule has 1 fully saturated rings. The number of anilines is 3. The maximum Gasteiger partial charge on any atom is 0.419 e. The highest BCUT2D eigenvalue weighted by Gasteiger charge is 2.34. The Morgan fingerprint density at radius 1 is 0.979 bits per heavy atom. The maximum absolute atomic E-state index is 13.5. The number of hydrogen-bond acceptors (Lipinski definition) is 8. The van der Waals surface area contributed by atoms with Crippen LogP contribution in [0.15, 0.2) is 73.6 Å². The molecule has 3 N–H and O–H groups in total. The molecule has 15 heteroatoms. The van der Waals surface area contributed by atoms with E-state index in [4.69, 9.17) is 14.2 Å². The molecule has 0 aliphatic carbocycles. The average molecular weight is 655 g/mol. The van der Waals surface area contributed by atoms with E-state index in [0.29, 0.717) is 65.7 Å². The van der Waals surface area contributed by atoms with Gasteiger partial charge >= 0.3 is 12.2 Å². The first-order valence-corrected chi connectivity index (χ1v) is 14.5. The highest BCUT2D eigenvalue weighted by Crippen LogP contribution is 2.36. The third-order valence-electron chi connectivity index (χ3n) is 6.98. The number of hydrogen-bond donors (Lipinski definition) is 3. The second kappa shape index (κ2) is 14.9. The molecule has 0 saturated carbocycles. The summed E-state index contributed by atoms with van der Waals surface area (Å²) in [5.74, 6) is -0.947. The number of aromatic nitrogens is 2. The Kier molecular flexibility index (Phi) is 10.5. The highest BCUT2D eigenvalue weighted by atomic mass is 19.4. The van der Waals surface area contributed by atoms with Gasteiger partial charge in [-0.25, -0.2) is 19.2 Å². The molecule has 1 aromatic heterocycles. The summed E-state index contributed by atoms with van der Waals surface area (Å²) in [4.78, 5) is 35.4. The number of carbonyl (C=O) groups excluding carboxylic acids is 2. The molecule has 0 atom stereocenters. The predicted molar refractivity (Wildman–Crippen MR) is 166 cm³/mol. The summed E-state index contributed by atoms with van der Waals surface area (Å²) in [5.41, 5.74) is -0.559. The van der Waals surface area contributed by atoms with E-state index in [1.165, 1.54) is 30.6 Å². The molecule has 3 amide bonds. The van der Waals surface area contributed by atoms with Gasteiger partial charge in [-0.3, -0.25) is 9.69 Å². The van der Waals surface area contributed by atoms with Gasteiger partial charge in [0.2, 0.25) is 11.8 Å². The van der Waals surface area contributed by atoms with Crippen LogP contribution in [0.1, 0.15) is 12.0 Å². The van der Waals surface area contributed by atoms with Crippen LogP contribution in [0.5, 0.6) is 17.4 Å². The number of morpholine rings is 1. The van der Waals surface area contributed by atoms with Crippen LogP contribution < -0.4 is 25.4 Å². The van der Waals surface area contributed by atoms with Crippen LogP contribution in [0.4, 0.5) is 39.4 Å². The average Bonchev–Trinajstić information content (AvgIpc) is 3.05. The van der Waals surface area contributed by atoms with Gasteiger partial charge in [-0.15, -0.1) is 0 Å². The molecule has 4 aromatic rings. The molecule has 0 radical (unpaired) electrons. The number of amides is 3. The second-order valence-corrected chi connectivity index (χ2v) is 10.3. The van der Waals surface area contributed by atoms with Crippen LogP contribution in [-0.2, 0) is 15.7 Å². The fourth-order valence-corrected chi connectivity index (χ4v) is 4.67. The van der Waals surface area contributed by atoms with E-state index < -0.39 is 29.5 Å². The Morgan fingerprint density at radius 3 is 2.43 bits per heavy atom. The quantitative estimate of drug-likeness (QED) is 0.0957. The summed E-state index contributed by atoms with van der Waals surface area (Å²) < 4.78 is 69.9. The van der Waals surface area contributed by atoms with Crippen molar-refractivity contribution in [3.63, 3.8) is 0 Å². The first-order valence-electron chi connectivity index (χ1n) is 14.5. The van der Waals surface area contributed by atoms with Crippen LogP contribution in [0, 0.1) is 5.82 Å². The van der Waals surface area contributed by atoms with Crippen molar-refractivity contribution in [3.05, 3.63) is 85.0 Å². The van der Waals surface area contributed by atoms with E-state index in [1.807, 2.05) is 0 Å². The van der Waals surface area contributed by atoms with Crippen LogP contribution in [0.2, 0.25) is 0 Å². The van der Waals surface area contributed by atoms with Crippen molar-refractivity contribution >= 4 is 39.9 Å². The molecule has 246 valence electrons. The van der Waals surface area contributed by atoms with E-state index in [9.17, 15) is 27.2 Å². The Hall–Kier alpha value is -5.28. The van der Waals surface area contributed by atoms with Crippen LogP contribution >= 0.6 is 0 Å². The largest absolute Gasteiger partial charge is 0.491 e. The monoisotopic (exact) mass is 654 g/mol. The summed E-state index contributed by atoms with van der Waals surface area (Å²) in [6, 6.07) is 10.7. The number of carbonyl (C=O) groups is 2. The van der Waals surface area contributed by atoms with Gasteiger partial charge in [0.25, 0.3) is 0 Å². The summed E-state index contributed by atoms with van der Waals surface area (Å²) in [7, 11) is 0. The molecule has 11 nitrogen and oxygen atoms in total. The third-order valence-corrected chi connectivity index (χ3v) is 6.98. The number of fused-ring (bicyclic) bond motifs is 1. The number of nitrogens with one attached hydrogen (secondary N) is 3. The predicted octanol–water partition coefficient (Wildman–Crippen LogP) is 6.45. The van der Waals surface area contributed by atoms with Gasteiger partial charge < -0.3 is 30.2 Å². The topological polar surface area (TPSA) is 127 Å². The zero-order chi connectivity index (χ0) is 33.4. The molecule has 1 aliphatic rings. The van der Waals surface area contributed by atoms with Gasteiger partial charge in [-0.2, -0.15) is 13.2 Å². The van der Waals surface area contributed by atoms with Crippen LogP contribution in [0.3, 0.4) is 0 Å². The van der Waals surface area contributed by atoms with Crippen molar-refractivity contribution in [2.24, 2.45) is 0 Å². The molecule has 1 saturated heterocycles. The van der Waals surface area contributed by atoms with Crippen molar-refractivity contribution in [1.29, 1.82) is 0 Å². The number of ether oxygens (including phenoxy) is 3. The highest BCUT2D eigenvalue weighted by molar-refractivity contribution is 6.02. The van der Waals surface area contributed by atoms with E-state index in [0.717, 1.165) is 38.2 Å². The number of halogens is 4. The molecule has 1 aliphatic heterocycles. The lowest BCUT2D eigenvalue weighted by Gasteiger charge is -2.26. The molecule has 3 aromatic carbocycles. The van der Waals surface area contributed by atoms with Crippen molar-refractivity contribution in [2.75, 3.05) is 55.4 Å². The van der Waals surface area contributed by atoms with Gasteiger partial charge in [-0.1, -0.05) is 6.58 Å². The number of nitrogens with zero attached hydrogens (tertiary/aromatic N) is 3. The first-order chi connectivity index (χ1) is 22.6. The molecule has 0 unspecified atom stereocenters. The van der Waals surface area contributed by atoms with Crippen molar-refractivity contribution in [1.82, 2.24) is 14.9 Å². The zero-order valence-corrected chi connectivity index (χ0v) is 24.9. The lowest BCUT2D eigenvalue weighted by molar-refractivity contribution is -0.139. The van der Waals surface area contributed by atoms with Crippen LogP contribution in [0.25, 0.3) is 10.9 Å². The van der Waals surface area contributed by atoms with E-state index >= 15 is 0 Å². The Morgan fingerprint density at radius 2 is 1.70 bits per heavy atom. The first kappa shape index (κ1) is 33.1. The SMILES string of the molecule is C=CC(=O)Nc1cc2c(Oc3ccc(NC(=O)Nc4ccc(F)c(C(F)(F)F)c4)cc3)ncnc2cc1OCCCN1CCOCC1. The summed E-state index contributed by atoms with van der Waals surface area (Å²) in [6.45, 7) is 7.93. The Balaban J connectivity index is 1.25. The summed E-state index contributed by atoms with van der Waals surface area (Å²) in [5, 5.41) is 7.96. The van der Waals surface area contributed by atoms with Crippen molar-refractivity contribution in [2.45, 2.75) is 12.6 Å². The fourth-order valence-electron chi connectivity index (χ4n) is 4.67. The van der Waals surface area contributed by atoms with E-state index in [2.05, 4.69) is 37.4 Å². The normalized spacial score (nSPS) is 13.5.